The number of likely N-dealkylation sites (N-methyl/N-ethyl adjacent to an activating group) is 1. The van der Waals surface area contributed by atoms with E-state index in [0.29, 0.717) is 18.5 Å². The van der Waals surface area contributed by atoms with Crippen LogP contribution in [0.3, 0.4) is 0 Å². The monoisotopic (exact) mass is 306 g/mol. The number of amides is 3. The Balaban J connectivity index is 0.00000361. The zero-order chi connectivity index (χ0) is 14.3. The standard InChI is InChI=1S/C13H26N4O2.ClH/c1-10(2)8-15-13(19)16-12(18)9-17(3)11-4-6-14-7-5-11;/h10-11,14H,4-9H2,1-3H3,(H2,15,16,18,19);1H. The highest BCUT2D eigenvalue weighted by Gasteiger charge is 2.20. The molecule has 1 aliphatic rings. The summed E-state index contributed by atoms with van der Waals surface area (Å²) in [6.45, 7) is 6.83. The van der Waals surface area contributed by atoms with Crippen LogP contribution in [0, 0.1) is 5.92 Å². The van der Waals surface area contributed by atoms with Crippen LogP contribution in [0.5, 0.6) is 0 Å². The highest BCUT2D eigenvalue weighted by atomic mass is 35.5. The van der Waals surface area contributed by atoms with E-state index < -0.39 is 6.03 Å². The van der Waals surface area contributed by atoms with Crippen molar-refractivity contribution in [3.8, 4) is 0 Å². The Labute approximate surface area is 127 Å². The third-order valence-corrected chi connectivity index (χ3v) is 3.25. The summed E-state index contributed by atoms with van der Waals surface area (Å²) in [4.78, 5) is 25.2. The van der Waals surface area contributed by atoms with Crippen molar-refractivity contribution in [2.75, 3.05) is 33.2 Å². The van der Waals surface area contributed by atoms with Gasteiger partial charge in [0.05, 0.1) is 6.54 Å². The van der Waals surface area contributed by atoms with Crippen LogP contribution < -0.4 is 16.0 Å². The van der Waals surface area contributed by atoms with Gasteiger partial charge in [-0.2, -0.15) is 0 Å². The smallest absolute Gasteiger partial charge is 0.321 e. The molecule has 0 atom stereocenters. The molecule has 0 saturated carbocycles. The number of hydrogen-bond donors (Lipinski definition) is 3. The number of piperidine rings is 1. The number of rotatable bonds is 5. The summed E-state index contributed by atoms with van der Waals surface area (Å²) in [5, 5.41) is 8.32. The fraction of sp³-hybridized carbons (Fsp3) is 0.846. The van der Waals surface area contributed by atoms with Gasteiger partial charge >= 0.3 is 6.03 Å². The molecule has 20 heavy (non-hydrogen) atoms. The van der Waals surface area contributed by atoms with E-state index in [9.17, 15) is 9.59 Å². The maximum Gasteiger partial charge on any atom is 0.321 e. The molecule has 6 nitrogen and oxygen atoms in total. The summed E-state index contributed by atoms with van der Waals surface area (Å²) in [5.41, 5.74) is 0. The lowest BCUT2D eigenvalue weighted by Crippen LogP contribution is -2.48. The van der Waals surface area contributed by atoms with Crippen molar-refractivity contribution in [2.45, 2.75) is 32.7 Å². The van der Waals surface area contributed by atoms with E-state index >= 15 is 0 Å². The number of nitrogens with one attached hydrogen (secondary N) is 3. The van der Waals surface area contributed by atoms with Crippen LogP contribution >= 0.6 is 12.4 Å². The molecule has 1 rings (SSSR count). The molecule has 0 aliphatic carbocycles. The molecule has 1 aliphatic heterocycles. The zero-order valence-electron chi connectivity index (χ0n) is 12.6. The first-order valence-corrected chi connectivity index (χ1v) is 6.97. The molecule has 0 bridgehead atoms. The predicted molar refractivity (Wildman–Crippen MR) is 82.1 cm³/mol. The second-order valence-corrected chi connectivity index (χ2v) is 5.55. The quantitative estimate of drug-likeness (QED) is 0.694. The number of nitrogens with zero attached hydrogens (tertiary/aromatic N) is 1. The van der Waals surface area contributed by atoms with Gasteiger partial charge in [-0.1, -0.05) is 13.8 Å². The normalized spacial score (nSPS) is 15.8. The number of carbonyl (C=O) groups is 2. The predicted octanol–water partition coefficient (Wildman–Crippen LogP) is 0.574. The van der Waals surface area contributed by atoms with Crippen molar-refractivity contribution in [3.63, 3.8) is 0 Å². The Kier molecular flexibility index (Phi) is 9.54. The minimum atomic E-state index is -0.405. The van der Waals surface area contributed by atoms with Gasteiger partial charge < -0.3 is 10.6 Å². The summed E-state index contributed by atoms with van der Waals surface area (Å²) >= 11 is 0. The minimum absolute atomic E-state index is 0. The fourth-order valence-electron chi connectivity index (χ4n) is 2.11. The molecular formula is C13H27ClN4O2. The molecule has 0 unspecified atom stereocenters. The lowest BCUT2D eigenvalue weighted by Gasteiger charge is -2.30. The fourth-order valence-corrected chi connectivity index (χ4v) is 2.11. The van der Waals surface area contributed by atoms with E-state index in [-0.39, 0.29) is 24.9 Å². The molecule has 118 valence electrons. The van der Waals surface area contributed by atoms with Gasteiger partial charge in [0, 0.05) is 12.6 Å². The molecule has 1 fully saturated rings. The Morgan fingerprint density at radius 3 is 2.45 bits per heavy atom. The molecule has 3 amide bonds. The van der Waals surface area contributed by atoms with E-state index in [0.717, 1.165) is 25.9 Å². The van der Waals surface area contributed by atoms with Crippen molar-refractivity contribution in [2.24, 2.45) is 5.92 Å². The van der Waals surface area contributed by atoms with Gasteiger partial charge in [0.2, 0.25) is 5.91 Å². The van der Waals surface area contributed by atoms with Crippen molar-refractivity contribution in [3.05, 3.63) is 0 Å². The molecule has 1 heterocycles. The Hall–Kier alpha value is -0.850. The largest absolute Gasteiger partial charge is 0.338 e. The first-order chi connectivity index (χ1) is 8.99. The molecule has 7 heteroatoms. The molecule has 0 aromatic heterocycles. The van der Waals surface area contributed by atoms with E-state index in [1.54, 1.807) is 0 Å². The van der Waals surface area contributed by atoms with Crippen molar-refractivity contribution in [1.29, 1.82) is 0 Å². The molecule has 0 radical (unpaired) electrons. The lowest BCUT2D eigenvalue weighted by atomic mass is 10.1. The Morgan fingerprint density at radius 2 is 1.90 bits per heavy atom. The topological polar surface area (TPSA) is 73.5 Å². The van der Waals surface area contributed by atoms with E-state index in [4.69, 9.17) is 0 Å². The summed E-state index contributed by atoms with van der Waals surface area (Å²) in [6, 6.07) is 0.0168. The molecule has 3 N–H and O–H groups in total. The summed E-state index contributed by atoms with van der Waals surface area (Å²) in [6.07, 6.45) is 2.09. The van der Waals surface area contributed by atoms with E-state index in [1.165, 1.54) is 0 Å². The van der Waals surface area contributed by atoms with Crippen molar-refractivity contribution < 1.29 is 9.59 Å². The summed E-state index contributed by atoms with van der Waals surface area (Å²) < 4.78 is 0. The second kappa shape index (κ2) is 9.96. The zero-order valence-corrected chi connectivity index (χ0v) is 13.4. The van der Waals surface area contributed by atoms with Gasteiger partial charge in [-0.25, -0.2) is 4.79 Å². The average molecular weight is 307 g/mol. The van der Waals surface area contributed by atoms with Crippen LogP contribution in [0.4, 0.5) is 4.79 Å². The lowest BCUT2D eigenvalue weighted by molar-refractivity contribution is -0.121. The average Bonchev–Trinajstić information content (AvgIpc) is 2.37. The SMILES string of the molecule is CC(C)CNC(=O)NC(=O)CN(C)C1CCNCC1.Cl. The van der Waals surface area contributed by atoms with Gasteiger partial charge in [-0.15, -0.1) is 12.4 Å². The van der Waals surface area contributed by atoms with Gasteiger partial charge in [0.1, 0.15) is 0 Å². The van der Waals surface area contributed by atoms with Gasteiger partial charge in [-0.05, 0) is 38.9 Å². The molecule has 0 aromatic rings. The number of carbonyl (C=O) groups excluding carboxylic acids is 2. The molecule has 0 spiro atoms. The van der Waals surface area contributed by atoms with E-state index in [1.807, 2.05) is 25.8 Å². The highest BCUT2D eigenvalue weighted by Crippen LogP contribution is 2.08. The van der Waals surface area contributed by atoms with Crippen LogP contribution in [-0.4, -0.2) is 56.1 Å². The first kappa shape index (κ1) is 19.1. The molecule has 1 saturated heterocycles. The molecule has 0 aromatic carbocycles. The third kappa shape index (κ3) is 7.67. The summed E-state index contributed by atoms with van der Waals surface area (Å²) in [7, 11) is 1.93. The van der Waals surface area contributed by atoms with Gasteiger partial charge in [-0.3, -0.25) is 15.0 Å². The Bertz CT molecular complexity index is 307. The van der Waals surface area contributed by atoms with Crippen molar-refractivity contribution >= 4 is 24.3 Å². The molecular weight excluding hydrogens is 280 g/mol. The van der Waals surface area contributed by atoms with E-state index in [2.05, 4.69) is 16.0 Å². The van der Waals surface area contributed by atoms with Crippen LogP contribution in [-0.2, 0) is 4.79 Å². The van der Waals surface area contributed by atoms with Crippen molar-refractivity contribution in [1.82, 2.24) is 20.9 Å². The second-order valence-electron chi connectivity index (χ2n) is 5.55. The third-order valence-electron chi connectivity index (χ3n) is 3.25. The summed E-state index contributed by atoms with van der Waals surface area (Å²) in [5.74, 6) is 0.126. The Morgan fingerprint density at radius 1 is 1.30 bits per heavy atom. The highest BCUT2D eigenvalue weighted by molar-refractivity contribution is 5.95. The maximum absolute atomic E-state index is 11.7. The number of urea groups is 1. The maximum atomic E-state index is 11.7. The van der Waals surface area contributed by atoms with Crippen LogP contribution in [0.2, 0.25) is 0 Å². The van der Waals surface area contributed by atoms with Gasteiger partial charge in [0.25, 0.3) is 0 Å². The first-order valence-electron chi connectivity index (χ1n) is 6.97. The number of halogens is 1. The minimum Gasteiger partial charge on any atom is -0.338 e. The van der Waals surface area contributed by atoms with Crippen LogP contribution in [0.25, 0.3) is 0 Å². The van der Waals surface area contributed by atoms with Crippen LogP contribution in [0.1, 0.15) is 26.7 Å². The van der Waals surface area contributed by atoms with Crippen LogP contribution in [0.15, 0.2) is 0 Å². The number of hydrogen-bond acceptors (Lipinski definition) is 4. The van der Waals surface area contributed by atoms with Gasteiger partial charge in [0.15, 0.2) is 0 Å². The number of imide groups is 1.